The van der Waals surface area contributed by atoms with Gasteiger partial charge < -0.3 is 10.2 Å². The van der Waals surface area contributed by atoms with E-state index in [-0.39, 0.29) is 31.2 Å². The van der Waals surface area contributed by atoms with E-state index in [0.717, 1.165) is 11.1 Å². The number of rotatable bonds is 7. The Morgan fingerprint density at radius 1 is 1.06 bits per heavy atom. The largest absolute Gasteiger partial charge is 0.343 e. The van der Waals surface area contributed by atoms with Crippen molar-refractivity contribution in [3.63, 3.8) is 0 Å². The molecule has 2 aromatic carbocycles. The van der Waals surface area contributed by atoms with E-state index < -0.39 is 18.3 Å². The van der Waals surface area contributed by atoms with Gasteiger partial charge >= 0.3 is 0 Å². The maximum absolute atomic E-state index is 14.3. The number of alkyl halides is 1. The maximum atomic E-state index is 14.3. The molecule has 0 saturated carbocycles. The predicted octanol–water partition coefficient (Wildman–Crippen LogP) is 4.69. The summed E-state index contributed by atoms with van der Waals surface area (Å²) in [6.45, 7) is 4.63. The summed E-state index contributed by atoms with van der Waals surface area (Å²) in [6, 6.07) is 16.6. The molecule has 6 nitrogen and oxygen atoms in total. The van der Waals surface area contributed by atoms with Crippen LogP contribution in [0.4, 0.5) is 4.39 Å². The minimum atomic E-state index is -1.23. The Kier molecular flexibility index (Phi) is 6.96. The number of carbonyl (C=O) groups is 2. The monoisotopic (exact) mass is 448 g/mol. The Labute approximate surface area is 193 Å². The number of nitrogens with one attached hydrogen (secondary N) is 1. The second kappa shape index (κ2) is 10.1. The highest BCUT2D eigenvalue weighted by atomic mass is 19.1. The van der Waals surface area contributed by atoms with Crippen molar-refractivity contribution in [2.75, 3.05) is 13.1 Å². The van der Waals surface area contributed by atoms with Crippen LogP contribution in [0.25, 0.3) is 0 Å². The van der Waals surface area contributed by atoms with Crippen LogP contribution in [0.5, 0.6) is 0 Å². The molecule has 0 aliphatic carbocycles. The molecule has 4 rings (SSSR count). The average molecular weight is 449 g/mol. The van der Waals surface area contributed by atoms with Gasteiger partial charge in [0.2, 0.25) is 11.8 Å². The van der Waals surface area contributed by atoms with E-state index in [1.807, 2.05) is 42.5 Å². The van der Waals surface area contributed by atoms with Gasteiger partial charge in [0.25, 0.3) is 0 Å². The zero-order valence-corrected chi connectivity index (χ0v) is 18.9. The van der Waals surface area contributed by atoms with Crippen LogP contribution in [-0.2, 0) is 9.59 Å². The molecule has 1 N–H and O–H groups in total. The first-order chi connectivity index (χ1) is 15.9. The average Bonchev–Trinajstić information content (AvgIpc) is 3.47. The third kappa shape index (κ3) is 5.35. The van der Waals surface area contributed by atoms with Gasteiger partial charge in [0.05, 0.1) is 31.2 Å². The molecule has 7 heteroatoms. The van der Waals surface area contributed by atoms with Crippen molar-refractivity contribution in [2.45, 2.75) is 50.9 Å². The van der Waals surface area contributed by atoms with Crippen molar-refractivity contribution < 1.29 is 14.0 Å². The molecule has 3 atom stereocenters. The number of nitrogens with zero attached hydrogens (tertiary/aromatic N) is 3. The van der Waals surface area contributed by atoms with Gasteiger partial charge in [-0.05, 0) is 28.7 Å². The number of hydrogen-bond donors (Lipinski definition) is 1. The van der Waals surface area contributed by atoms with E-state index in [0.29, 0.717) is 18.2 Å². The molecule has 0 unspecified atom stereocenters. The van der Waals surface area contributed by atoms with Crippen LogP contribution in [-0.4, -0.2) is 42.0 Å². The lowest BCUT2D eigenvalue weighted by Gasteiger charge is -2.27. The molecule has 172 valence electrons. The van der Waals surface area contributed by atoms with Crippen molar-refractivity contribution in [2.24, 2.45) is 10.2 Å². The number of hydrogen-bond acceptors (Lipinski definition) is 4. The van der Waals surface area contributed by atoms with Crippen LogP contribution in [0, 0.1) is 0 Å². The Morgan fingerprint density at radius 3 is 2.36 bits per heavy atom. The number of carbonyl (C=O) groups excluding carboxylic acids is 2. The van der Waals surface area contributed by atoms with Crippen LogP contribution in [0.15, 0.2) is 76.6 Å². The number of halogens is 1. The Morgan fingerprint density at radius 2 is 1.73 bits per heavy atom. The first-order valence-corrected chi connectivity index (χ1v) is 11.4. The molecule has 2 aliphatic rings. The SMILES string of the molecule is CC(C)c1ccc([C@@H](NC(=O)[C@@H]2C[C@@H](F)CN2C(=O)CC2=CCN=N2)c2ccccc2)cc1. The van der Waals surface area contributed by atoms with E-state index in [4.69, 9.17) is 0 Å². The summed E-state index contributed by atoms with van der Waals surface area (Å²) in [5.74, 6) is -0.259. The topological polar surface area (TPSA) is 74.1 Å². The lowest BCUT2D eigenvalue weighted by molar-refractivity contribution is -0.138. The highest BCUT2D eigenvalue weighted by Crippen LogP contribution is 2.28. The second-order valence-electron chi connectivity index (χ2n) is 8.86. The number of likely N-dealkylation sites (tertiary alicyclic amines) is 1. The fraction of sp³-hybridized carbons (Fsp3) is 0.385. The first kappa shape index (κ1) is 22.8. The van der Waals surface area contributed by atoms with E-state index >= 15 is 0 Å². The highest BCUT2D eigenvalue weighted by molar-refractivity contribution is 5.89. The molecule has 2 amide bonds. The lowest BCUT2D eigenvalue weighted by Crippen LogP contribution is -2.47. The quantitative estimate of drug-likeness (QED) is 0.667. The molecule has 2 aliphatic heterocycles. The third-order valence-electron chi connectivity index (χ3n) is 6.17. The standard InChI is InChI=1S/C26H29FN4O2/c1-17(2)18-8-10-20(11-9-18)25(19-6-4-3-5-7-19)29-26(33)23-14-21(27)16-31(23)24(32)15-22-12-13-28-30-22/h3-12,17,21,23,25H,13-16H2,1-2H3,(H,29,33)/t21-,23+,25+/m1/s1. The maximum Gasteiger partial charge on any atom is 0.243 e. The molecule has 33 heavy (non-hydrogen) atoms. The highest BCUT2D eigenvalue weighted by Gasteiger charge is 2.40. The minimum Gasteiger partial charge on any atom is -0.343 e. The summed E-state index contributed by atoms with van der Waals surface area (Å²) >= 11 is 0. The summed E-state index contributed by atoms with van der Waals surface area (Å²) in [5.41, 5.74) is 3.63. The first-order valence-electron chi connectivity index (χ1n) is 11.4. The Hall–Kier alpha value is -3.35. The molecule has 1 saturated heterocycles. The van der Waals surface area contributed by atoms with Crippen LogP contribution in [0.1, 0.15) is 55.3 Å². The van der Waals surface area contributed by atoms with Gasteiger partial charge in [-0.15, -0.1) is 0 Å². The van der Waals surface area contributed by atoms with Crippen LogP contribution >= 0.6 is 0 Å². The van der Waals surface area contributed by atoms with Crippen molar-refractivity contribution in [1.82, 2.24) is 10.2 Å². The van der Waals surface area contributed by atoms with Gasteiger partial charge in [0.15, 0.2) is 0 Å². The Bertz CT molecular complexity index is 1050. The van der Waals surface area contributed by atoms with Crippen molar-refractivity contribution in [1.29, 1.82) is 0 Å². The van der Waals surface area contributed by atoms with Crippen molar-refractivity contribution in [3.8, 4) is 0 Å². The minimum absolute atomic E-state index is 0.00800. The lowest BCUT2D eigenvalue weighted by atomic mass is 9.95. The summed E-state index contributed by atoms with van der Waals surface area (Å²) in [4.78, 5) is 27.5. The van der Waals surface area contributed by atoms with Gasteiger partial charge in [0, 0.05) is 6.42 Å². The van der Waals surface area contributed by atoms with Gasteiger partial charge in [-0.2, -0.15) is 10.2 Å². The molecule has 2 heterocycles. The fourth-order valence-corrected chi connectivity index (χ4v) is 4.31. The second-order valence-corrected chi connectivity index (χ2v) is 8.86. The molecule has 0 radical (unpaired) electrons. The van der Waals surface area contributed by atoms with Crippen LogP contribution < -0.4 is 5.32 Å². The third-order valence-corrected chi connectivity index (χ3v) is 6.17. The summed E-state index contributed by atoms with van der Waals surface area (Å²) < 4.78 is 14.3. The van der Waals surface area contributed by atoms with Crippen molar-refractivity contribution in [3.05, 3.63) is 83.1 Å². The van der Waals surface area contributed by atoms with E-state index in [1.165, 1.54) is 10.5 Å². The molecule has 2 aromatic rings. The molecular weight excluding hydrogens is 419 g/mol. The summed E-state index contributed by atoms with van der Waals surface area (Å²) in [6.07, 6.45) is 0.553. The zero-order valence-electron chi connectivity index (χ0n) is 18.9. The molecule has 0 aromatic heterocycles. The summed E-state index contributed by atoms with van der Waals surface area (Å²) in [5, 5.41) is 10.9. The smallest absolute Gasteiger partial charge is 0.243 e. The number of azo groups is 1. The zero-order chi connectivity index (χ0) is 23.4. The normalized spacial score (nSPS) is 20.7. The predicted molar refractivity (Wildman–Crippen MR) is 124 cm³/mol. The van der Waals surface area contributed by atoms with Crippen molar-refractivity contribution >= 4 is 11.8 Å². The van der Waals surface area contributed by atoms with Crippen LogP contribution in [0.2, 0.25) is 0 Å². The summed E-state index contributed by atoms with van der Waals surface area (Å²) in [7, 11) is 0. The van der Waals surface area contributed by atoms with Crippen LogP contribution in [0.3, 0.4) is 0 Å². The molecular formula is C26H29FN4O2. The van der Waals surface area contributed by atoms with Gasteiger partial charge in [-0.25, -0.2) is 4.39 Å². The fourth-order valence-electron chi connectivity index (χ4n) is 4.31. The van der Waals surface area contributed by atoms with E-state index in [1.54, 1.807) is 6.08 Å². The van der Waals surface area contributed by atoms with Gasteiger partial charge in [-0.1, -0.05) is 68.4 Å². The number of benzene rings is 2. The van der Waals surface area contributed by atoms with Gasteiger partial charge in [-0.3, -0.25) is 9.59 Å². The van der Waals surface area contributed by atoms with E-state index in [9.17, 15) is 14.0 Å². The molecule has 1 fully saturated rings. The van der Waals surface area contributed by atoms with E-state index in [2.05, 4.69) is 41.5 Å². The van der Waals surface area contributed by atoms with Gasteiger partial charge in [0.1, 0.15) is 12.2 Å². The molecule has 0 spiro atoms. The molecule has 0 bridgehead atoms. The number of amides is 2. The Balaban J connectivity index is 1.55.